The highest BCUT2D eigenvalue weighted by Crippen LogP contribution is 2.29. The zero-order chi connectivity index (χ0) is 20.3. The lowest BCUT2D eigenvalue weighted by molar-refractivity contribution is -0.137. The molecule has 28 heavy (non-hydrogen) atoms. The van der Waals surface area contributed by atoms with E-state index in [1.807, 2.05) is 0 Å². The summed E-state index contributed by atoms with van der Waals surface area (Å²) in [6.45, 7) is -0.412. The molecule has 1 atom stereocenters. The Hall–Kier alpha value is -3.11. The quantitative estimate of drug-likeness (QED) is 0.555. The molecule has 0 aliphatic heterocycles. The summed E-state index contributed by atoms with van der Waals surface area (Å²) in [5, 5.41) is 24.8. The summed E-state index contributed by atoms with van der Waals surface area (Å²) in [6.07, 6.45) is -4.19. The van der Waals surface area contributed by atoms with Gasteiger partial charge in [0.15, 0.2) is 0 Å². The molecule has 1 aromatic heterocycles. The molecule has 1 unspecified atom stereocenters. The van der Waals surface area contributed by atoms with Gasteiger partial charge in [0.2, 0.25) is 0 Å². The number of alkyl halides is 3. The van der Waals surface area contributed by atoms with Crippen molar-refractivity contribution < 1.29 is 23.4 Å². The maximum atomic E-state index is 12.6. The van der Waals surface area contributed by atoms with Gasteiger partial charge in [-0.2, -0.15) is 18.3 Å². The predicted molar refractivity (Wildman–Crippen MR) is 95.1 cm³/mol. The summed E-state index contributed by atoms with van der Waals surface area (Å²) in [6, 6.07) is 11.0. The van der Waals surface area contributed by atoms with Crippen LogP contribution in [-0.4, -0.2) is 37.4 Å². The van der Waals surface area contributed by atoms with E-state index in [2.05, 4.69) is 10.4 Å². The second-order valence-corrected chi connectivity index (χ2v) is 6.03. The average Bonchev–Trinajstić information content (AvgIpc) is 3.02. The Balaban J connectivity index is 1.76. The van der Waals surface area contributed by atoms with Crippen molar-refractivity contribution in [1.29, 1.82) is 0 Å². The van der Waals surface area contributed by atoms with Crippen LogP contribution >= 0.6 is 0 Å². The summed E-state index contributed by atoms with van der Waals surface area (Å²) < 4.78 is 40.3. The number of halogens is 3. The molecular weight excluding hydrogens is 377 g/mol. The monoisotopic (exact) mass is 394 g/mol. The molecule has 0 radical (unpaired) electrons. The lowest BCUT2D eigenvalue weighted by Crippen LogP contribution is -2.24. The van der Waals surface area contributed by atoms with Gasteiger partial charge in [-0.15, -0.1) is 0 Å². The molecule has 7 nitrogen and oxygen atoms in total. The summed E-state index contributed by atoms with van der Waals surface area (Å²) in [4.78, 5) is 12.5. The maximum Gasteiger partial charge on any atom is 0.416 e. The van der Waals surface area contributed by atoms with Gasteiger partial charge in [0, 0.05) is 5.69 Å². The van der Waals surface area contributed by atoms with Crippen LogP contribution in [0.4, 0.5) is 18.9 Å². The van der Waals surface area contributed by atoms with Gasteiger partial charge in [0.1, 0.15) is 12.6 Å². The Labute approximate surface area is 157 Å². The molecule has 148 valence electrons. The molecule has 1 heterocycles. The standard InChI is InChI=1S/C18H17F3N4O3/c19-18(20,21)13-3-1-12(2-4-13)9-25-17(28)24(11-22-25)15-7-5-14(6-8-15)23-16(27)10-26/h1-8,11,16,23,26-27H,9-10H2. The first-order valence-corrected chi connectivity index (χ1v) is 8.24. The molecule has 3 aromatic rings. The van der Waals surface area contributed by atoms with Gasteiger partial charge < -0.3 is 15.5 Å². The molecule has 0 bridgehead atoms. The minimum Gasteiger partial charge on any atom is -0.392 e. The summed E-state index contributed by atoms with van der Waals surface area (Å²) in [5.41, 5.74) is 0.381. The number of nitrogens with zero attached hydrogens (tertiary/aromatic N) is 3. The van der Waals surface area contributed by atoms with Crippen molar-refractivity contribution >= 4 is 5.69 Å². The van der Waals surface area contributed by atoms with Crippen molar-refractivity contribution in [1.82, 2.24) is 14.3 Å². The number of benzene rings is 2. The number of aliphatic hydroxyl groups excluding tert-OH is 2. The third-order valence-electron chi connectivity index (χ3n) is 4.00. The van der Waals surface area contributed by atoms with E-state index in [9.17, 15) is 23.1 Å². The summed E-state index contributed by atoms with van der Waals surface area (Å²) in [7, 11) is 0. The minimum absolute atomic E-state index is 0.0340. The number of hydrogen-bond donors (Lipinski definition) is 3. The van der Waals surface area contributed by atoms with Crippen LogP contribution in [0.15, 0.2) is 59.7 Å². The fraction of sp³-hybridized carbons (Fsp3) is 0.222. The number of aliphatic hydroxyl groups is 2. The Kier molecular flexibility index (Phi) is 5.52. The Morgan fingerprint density at radius 2 is 1.71 bits per heavy atom. The third kappa shape index (κ3) is 4.41. The van der Waals surface area contributed by atoms with Crippen LogP contribution in [0.1, 0.15) is 11.1 Å². The first-order chi connectivity index (χ1) is 13.3. The second kappa shape index (κ2) is 7.87. The lowest BCUT2D eigenvalue weighted by atomic mass is 10.1. The number of rotatable bonds is 6. The molecular formula is C18H17F3N4O3. The Bertz CT molecular complexity index is 979. The number of hydrogen-bond acceptors (Lipinski definition) is 5. The molecule has 0 saturated heterocycles. The fourth-order valence-corrected chi connectivity index (χ4v) is 2.55. The molecule has 0 aliphatic carbocycles. The molecule has 10 heteroatoms. The number of aromatic nitrogens is 3. The highest BCUT2D eigenvalue weighted by atomic mass is 19.4. The zero-order valence-corrected chi connectivity index (χ0v) is 14.5. The highest BCUT2D eigenvalue weighted by molar-refractivity contribution is 5.48. The normalized spacial score (nSPS) is 12.8. The topological polar surface area (TPSA) is 92.3 Å². The van der Waals surface area contributed by atoms with Gasteiger partial charge >= 0.3 is 11.9 Å². The predicted octanol–water partition coefficient (Wildman–Crippen LogP) is 1.82. The van der Waals surface area contributed by atoms with Gasteiger partial charge in [-0.05, 0) is 42.0 Å². The first-order valence-electron chi connectivity index (χ1n) is 8.24. The van der Waals surface area contributed by atoms with E-state index in [1.165, 1.54) is 23.0 Å². The van der Waals surface area contributed by atoms with Crippen molar-refractivity contribution in [2.24, 2.45) is 0 Å². The van der Waals surface area contributed by atoms with Crippen molar-refractivity contribution in [3.8, 4) is 5.69 Å². The van der Waals surface area contributed by atoms with Crippen LogP contribution in [0.25, 0.3) is 5.69 Å². The second-order valence-electron chi connectivity index (χ2n) is 6.03. The van der Waals surface area contributed by atoms with Crippen LogP contribution < -0.4 is 11.0 Å². The molecule has 0 spiro atoms. The van der Waals surface area contributed by atoms with Crippen LogP contribution in [0.2, 0.25) is 0 Å². The van der Waals surface area contributed by atoms with E-state index in [4.69, 9.17) is 5.11 Å². The van der Waals surface area contributed by atoms with E-state index in [-0.39, 0.29) is 6.54 Å². The summed E-state index contributed by atoms with van der Waals surface area (Å²) in [5.74, 6) is 0. The van der Waals surface area contributed by atoms with E-state index in [1.54, 1.807) is 24.3 Å². The first kappa shape index (κ1) is 19.6. The Morgan fingerprint density at radius 3 is 2.29 bits per heavy atom. The molecule has 3 rings (SSSR count). The van der Waals surface area contributed by atoms with Gasteiger partial charge in [0.05, 0.1) is 24.4 Å². The van der Waals surface area contributed by atoms with E-state index in [0.29, 0.717) is 16.9 Å². The van der Waals surface area contributed by atoms with Gasteiger partial charge in [-0.1, -0.05) is 12.1 Å². The molecule has 3 N–H and O–H groups in total. The van der Waals surface area contributed by atoms with Crippen molar-refractivity contribution in [3.05, 3.63) is 76.5 Å². The zero-order valence-electron chi connectivity index (χ0n) is 14.5. The molecule has 0 fully saturated rings. The maximum absolute atomic E-state index is 12.6. The van der Waals surface area contributed by atoms with Crippen LogP contribution in [0, 0.1) is 0 Å². The van der Waals surface area contributed by atoms with Gasteiger partial charge in [0.25, 0.3) is 0 Å². The Morgan fingerprint density at radius 1 is 1.07 bits per heavy atom. The van der Waals surface area contributed by atoms with E-state index < -0.39 is 30.3 Å². The third-order valence-corrected chi connectivity index (χ3v) is 4.00. The fourth-order valence-electron chi connectivity index (χ4n) is 2.55. The number of nitrogens with one attached hydrogen (secondary N) is 1. The van der Waals surface area contributed by atoms with E-state index >= 15 is 0 Å². The molecule has 0 amide bonds. The van der Waals surface area contributed by atoms with Crippen LogP contribution in [0.3, 0.4) is 0 Å². The van der Waals surface area contributed by atoms with Crippen LogP contribution in [-0.2, 0) is 12.7 Å². The highest BCUT2D eigenvalue weighted by Gasteiger charge is 2.29. The molecule has 0 aliphatic rings. The van der Waals surface area contributed by atoms with Crippen molar-refractivity contribution in [2.45, 2.75) is 18.9 Å². The number of anilines is 1. The SMILES string of the molecule is O=c1n(-c2ccc(NC(O)CO)cc2)cnn1Cc1ccc(C(F)(F)F)cc1. The largest absolute Gasteiger partial charge is 0.416 e. The van der Waals surface area contributed by atoms with Gasteiger partial charge in [-0.25, -0.2) is 14.0 Å². The average molecular weight is 394 g/mol. The van der Waals surface area contributed by atoms with Crippen LogP contribution in [0.5, 0.6) is 0 Å². The van der Waals surface area contributed by atoms with Crippen molar-refractivity contribution in [3.63, 3.8) is 0 Å². The lowest BCUT2D eigenvalue weighted by Gasteiger charge is -2.11. The smallest absolute Gasteiger partial charge is 0.392 e. The summed E-state index contributed by atoms with van der Waals surface area (Å²) >= 11 is 0. The van der Waals surface area contributed by atoms with Crippen molar-refractivity contribution in [2.75, 3.05) is 11.9 Å². The minimum atomic E-state index is -4.41. The van der Waals surface area contributed by atoms with E-state index in [0.717, 1.165) is 16.8 Å². The van der Waals surface area contributed by atoms with Gasteiger partial charge in [-0.3, -0.25) is 0 Å². The molecule has 2 aromatic carbocycles. The molecule has 0 saturated carbocycles.